The molecule has 0 aliphatic rings. The molecule has 0 heterocycles. The molecule has 2 nitrogen and oxygen atoms in total. The maximum atomic E-state index is 11.7. The number of benzene rings is 1. The molecule has 1 aromatic rings. The van der Waals surface area contributed by atoms with E-state index in [1.807, 2.05) is 19.9 Å². The average Bonchev–Trinajstić information content (AvgIpc) is 2.09. The zero-order valence-electron chi connectivity index (χ0n) is 8.18. The minimum atomic E-state index is -0.334. The first kappa shape index (κ1) is 13.2. The Bertz CT molecular complexity index is 388. The number of carbonyl (C=O) groups excluding carboxylic acids is 1. The number of hydrogen-bond acceptors (Lipinski definition) is 2. The highest BCUT2D eigenvalue weighted by Gasteiger charge is 2.15. The van der Waals surface area contributed by atoms with E-state index < -0.39 is 0 Å². The number of rotatable bonds is 2. The van der Waals surface area contributed by atoms with Crippen molar-refractivity contribution < 1.29 is 9.53 Å². The van der Waals surface area contributed by atoms with Crippen molar-refractivity contribution >= 4 is 53.8 Å². The summed E-state index contributed by atoms with van der Waals surface area (Å²) in [5, 5.41) is 0. The molecule has 0 saturated carbocycles. The second-order valence-corrected chi connectivity index (χ2v) is 5.77. The van der Waals surface area contributed by atoms with Crippen LogP contribution in [0.4, 0.5) is 0 Å². The van der Waals surface area contributed by atoms with E-state index in [0.29, 0.717) is 10.0 Å². The molecule has 5 heteroatoms. The fraction of sp³-hybridized carbons (Fsp3) is 0.300. The van der Waals surface area contributed by atoms with Crippen LogP contribution in [0.25, 0.3) is 0 Å². The molecule has 82 valence electrons. The van der Waals surface area contributed by atoms with E-state index in [1.54, 1.807) is 6.07 Å². The second kappa shape index (κ2) is 5.46. The molecule has 0 unspecified atom stereocenters. The van der Waals surface area contributed by atoms with Crippen LogP contribution in [0.2, 0.25) is 0 Å². The van der Waals surface area contributed by atoms with Crippen LogP contribution in [0.3, 0.4) is 0 Å². The summed E-state index contributed by atoms with van der Waals surface area (Å²) in [5.74, 6) is -0.334. The van der Waals surface area contributed by atoms with Crippen molar-refractivity contribution in [2.24, 2.45) is 0 Å². The molecule has 0 atom stereocenters. The Morgan fingerprint density at radius 2 is 1.87 bits per heavy atom. The van der Waals surface area contributed by atoms with E-state index in [1.165, 1.54) is 0 Å². The third kappa shape index (κ3) is 3.57. The summed E-state index contributed by atoms with van der Waals surface area (Å²) in [7, 11) is 0. The van der Waals surface area contributed by atoms with E-state index in [9.17, 15) is 4.79 Å². The van der Waals surface area contributed by atoms with Gasteiger partial charge in [0.05, 0.1) is 11.7 Å². The van der Waals surface area contributed by atoms with Crippen LogP contribution in [0, 0.1) is 0 Å². The lowest BCUT2D eigenvalue weighted by Crippen LogP contribution is -2.12. The number of halogens is 3. The largest absolute Gasteiger partial charge is 0.459 e. The van der Waals surface area contributed by atoms with Crippen LogP contribution in [0.5, 0.6) is 0 Å². The Morgan fingerprint density at radius 1 is 1.27 bits per heavy atom. The Labute approximate surface area is 114 Å². The van der Waals surface area contributed by atoms with Crippen LogP contribution in [0.1, 0.15) is 24.2 Å². The number of carbonyl (C=O) groups is 1. The minimum absolute atomic E-state index is 0.123. The van der Waals surface area contributed by atoms with E-state index in [0.717, 1.165) is 8.95 Å². The summed E-state index contributed by atoms with van der Waals surface area (Å²) in [4.78, 5) is 11.7. The van der Waals surface area contributed by atoms with E-state index >= 15 is 0 Å². The molecule has 0 saturated heterocycles. The topological polar surface area (TPSA) is 26.3 Å². The zero-order valence-corrected chi connectivity index (χ0v) is 12.9. The van der Waals surface area contributed by atoms with Gasteiger partial charge in [-0.15, -0.1) is 0 Å². The molecule has 1 rings (SSSR count). The predicted octanol–water partition coefficient (Wildman–Crippen LogP) is 4.54. The van der Waals surface area contributed by atoms with Crippen LogP contribution in [-0.4, -0.2) is 12.1 Å². The Balaban J connectivity index is 3.08. The van der Waals surface area contributed by atoms with E-state index in [2.05, 4.69) is 47.8 Å². The molecule has 0 radical (unpaired) electrons. The minimum Gasteiger partial charge on any atom is -0.459 e. The summed E-state index contributed by atoms with van der Waals surface area (Å²) in [5.41, 5.74) is 0.505. The summed E-state index contributed by atoms with van der Waals surface area (Å²) in [6.45, 7) is 3.64. The summed E-state index contributed by atoms with van der Waals surface area (Å²) in [6, 6.07) is 3.58. The molecule has 0 amide bonds. The Morgan fingerprint density at radius 3 is 2.40 bits per heavy atom. The van der Waals surface area contributed by atoms with Gasteiger partial charge in [-0.05, 0) is 57.8 Å². The lowest BCUT2D eigenvalue weighted by Gasteiger charge is -2.10. The Kier molecular flexibility index (Phi) is 4.80. The molecule has 0 fully saturated rings. The van der Waals surface area contributed by atoms with Crippen LogP contribution < -0.4 is 0 Å². The van der Waals surface area contributed by atoms with Gasteiger partial charge in [0, 0.05) is 13.4 Å². The zero-order chi connectivity index (χ0) is 11.6. The molecule has 0 aliphatic carbocycles. The fourth-order valence-corrected chi connectivity index (χ4v) is 2.60. The van der Waals surface area contributed by atoms with Gasteiger partial charge in [0.2, 0.25) is 0 Å². The first-order valence-electron chi connectivity index (χ1n) is 4.27. The van der Waals surface area contributed by atoms with Crippen molar-refractivity contribution in [2.75, 3.05) is 0 Å². The van der Waals surface area contributed by atoms with Crippen molar-refractivity contribution in [1.82, 2.24) is 0 Å². The maximum absolute atomic E-state index is 11.7. The van der Waals surface area contributed by atoms with E-state index in [4.69, 9.17) is 4.74 Å². The highest BCUT2D eigenvalue weighted by molar-refractivity contribution is 9.13. The van der Waals surface area contributed by atoms with Crippen LogP contribution in [-0.2, 0) is 4.74 Å². The molecular formula is C10H9Br3O2. The lowest BCUT2D eigenvalue weighted by atomic mass is 10.2. The van der Waals surface area contributed by atoms with Gasteiger partial charge in [-0.25, -0.2) is 4.79 Å². The van der Waals surface area contributed by atoms with Crippen LogP contribution in [0.15, 0.2) is 25.6 Å². The predicted molar refractivity (Wildman–Crippen MR) is 70.1 cm³/mol. The van der Waals surface area contributed by atoms with Gasteiger partial charge in [0.25, 0.3) is 0 Å². The summed E-state index contributed by atoms with van der Waals surface area (Å²) < 4.78 is 7.46. The molecule has 15 heavy (non-hydrogen) atoms. The Hall–Kier alpha value is 0.130. The third-order valence-electron chi connectivity index (χ3n) is 1.56. The van der Waals surface area contributed by atoms with Gasteiger partial charge >= 0.3 is 5.97 Å². The van der Waals surface area contributed by atoms with Gasteiger partial charge in [-0.3, -0.25) is 0 Å². The van der Waals surface area contributed by atoms with Crippen molar-refractivity contribution in [3.63, 3.8) is 0 Å². The van der Waals surface area contributed by atoms with Gasteiger partial charge in [0.15, 0.2) is 0 Å². The highest BCUT2D eigenvalue weighted by atomic mass is 79.9. The third-order valence-corrected chi connectivity index (χ3v) is 4.03. The van der Waals surface area contributed by atoms with Gasteiger partial charge in [0.1, 0.15) is 0 Å². The van der Waals surface area contributed by atoms with Gasteiger partial charge in [-0.2, -0.15) is 0 Å². The highest BCUT2D eigenvalue weighted by Crippen LogP contribution is 2.31. The quantitative estimate of drug-likeness (QED) is 0.538. The molecule has 0 N–H and O–H groups in total. The second-order valence-electron chi connectivity index (χ2n) is 3.20. The van der Waals surface area contributed by atoms with E-state index in [-0.39, 0.29) is 12.1 Å². The number of hydrogen-bond donors (Lipinski definition) is 0. The monoisotopic (exact) mass is 398 g/mol. The SMILES string of the molecule is CC(C)OC(=O)c1cc(Br)cc(Br)c1Br. The number of ether oxygens (including phenoxy) is 1. The van der Waals surface area contributed by atoms with Crippen LogP contribution >= 0.6 is 47.8 Å². The maximum Gasteiger partial charge on any atom is 0.339 e. The lowest BCUT2D eigenvalue weighted by molar-refractivity contribution is 0.0376. The van der Waals surface area contributed by atoms with Crippen molar-refractivity contribution in [3.8, 4) is 0 Å². The number of esters is 1. The molecule has 0 aromatic heterocycles. The van der Waals surface area contributed by atoms with Crippen molar-refractivity contribution in [2.45, 2.75) is 20.0 Å². The molecular weight excluding hydrogens is 392 g/mol. The fourth-order valence-electron chi connectivity index (χ4n) is 0.982. The molecule has 0 aliphatic heterocycles. The first-order valence-corrected chi connectivity index (χ1v) is 6.65. The van der Waals surface area contributed by atoms with Crippen molar-refractivity contribution in [1.29, 1.82) is 0 Å². The molecule has 0 bridgehead atoms. The molecule has 0 spiro atoms. The molecule has 1 aromatic carbocycles. The standard InChI is InChI=1S/C10H9Br3O2/c1-5(2)15-10(14)7-3-6(11)4-8(12)9(7)13/h3-5H,1-2H3. The van der Waals surface area contributed by atoms with Crippen molar-refractivity contribution in [3.05, 3.63) is 31.1 Å². The average molecular weight is 401 g/mol. The van der Waals surface area contributed by atoms with Gasteiger partial charge in [-0.1, -0.05) is 15.9 Å². The smallest absolute Gasteiger partial charge is 0.339 e. The normalized spacial score (nSPS) is 10.5. The summed E-state index contributed by atoms with van der Waals surface area (Å²) in [6.07, 6.45) is -0.123. The summed E-state index contributed by atoms with van der Waals surface area (Å²) >= 11 is 10.0. The van der Waals surface area contributed by atoms with Gasteiger partial charge < -0.3 is 4.74 Å². The first-order chi connectivity index (χ1) is 6.91.